The highest BCUT2D eigenvalue weighted by Gasteiger charge is 2.33. The topological polar surface area (TPSA) is 279 Å². The van der Waals surface area contributed by atoms with Gasteiger partial charge in [0.05, 0.1) is 41.4 Å². The lowest BCUT2D eigenvalue weighted by Gasteiger charge is -2.14. The van der Waals surface area contributed by atoms with Crippen LogP contribution >= 0.6 is 0 Å². The molecule has 107 heavy (non-hydrogen) atoms. The van der Waals surface area contributed by atoms with E-state index in [-0.39, 0.29) is 43.2 Å². The van der Waals surface area contributed by atoms with Gasteiger partial charge in [-0.25, -0.2) is 30.4 Å². The van der Waals surface area contributed by atoms with Crippen LogP contribution in [0.4, 0.5) is 39.5 Å². The van der Waals surface area contributed by atoms with Crippen LogP contribution in [-0.4, -0.2) is 80.8 Å². The number of alkyl halides is 9. The Hall–Kier alpha value is -11.7. The van der Waals surface area contributed by atoms with Gasteiger partial charge in [-0.2, -0.15) is 44.8 Å². The van der Waals surface area contributed by atoms with Crippen LogP contribution in [0.1, 0.15) is 179 Å². The summed E-state index contributed by atoms with van der Waals surface area (Å²) in [6, 6.07) is 37.7. The first-order valence-electron chi connectivity index (χ1n) is 32.7. The molecule has 1 aromatic heterocycles. The smallest absolute Gasteiger partial charge is 0.416 e. The van der Waals surface area contributed by atoms with Crippen molar-refractivity contribution in [1.82, 2.24) is 26.5 Å². The number of rotatable bonds is 20. The zero-order valence-corrected chi connectivity index (χ0v) is 61.1. The molecule has 0 bridgehead atoms. The van der Waals surface area contributed by atoms with Crippen LogP contribution in [0.5, 0.6) is 0 Å². The average molecular weight is 1490 g/mol. The number of esters is 2. The molecule has 0 radical (unpaired) electrons. The number of nitriles is 1. The first-order valence-corrected chi connectivity index (χ1v) is 32.7. The van der Waals surface area contributed by atoms with E-state index in [4.69, 9.17) is 45.1 Å². The van der Waals surface area contributed by atoms with E-state index in [1.165, 1.54) is 42.5 Å². The van der Waals surface area contributed by atoms with Crippen LogP contribution in [0.3, 0.4) is 0 Å². The summed E-state index contributed by atoms with van der Waals surface area (Å²) in [5, 5.41) is 25.5. The van der Waals surface area contributed by atoms with Crippen molar-refractivity contribution in [2.75, 3.05) is 13.2 Å². The van der Waals surface area contributed by atoms with Gasteiger partial charge in [-0.15, -0.1) is 10.2 Å². The van der Waals surface area contributed by atoms with Crippen molar-refractivity contribution in [3.63, 3.8) is 0 Å². The molecule has 0 aliphatic carbocycles. The summed E-state index contributed by atoms with van der Waals surface area (Å²) < 4.78 is 129. The Bertz CT molecular complexity index is 4290. The summed E-state index contributed by atoms with van der Waals surface area (Å²) in [5.74, 6) is 2.84. The third kappa shape index (κ3) is 35.1. The molecule has 0 atom stereocenters. The first-order chi connectivity index (χ1) is 49.8. The fraction of sp³-hybridized carbons (Fsp3) is 0.359. The molecule has 0 aliphatic heterocycles. The molecule has 7 rings (SSSR count). The van der Waals surface area contributed by atoms with Gasteiger partial charge in [-0.05, 0) is 149 Å². The Morgan fingerprint density at radius 3 is 1.30 bits per heavy atom. The predicted molar refractivity (Wildman–Crippen MR) is 382 cm³/mol. The molecule has 0 fully saturated rings. The van der Waals surface area contributed by atoms with Crippen molar-refractivity contribution in [1.29, 1.82) is 5.26 Å². The largest absolute Gasteiger partial charge is 0.481 e. The number of carbonyl (C=O) groups excluding carboxylic acids is 5. The Morgan fingerprint density at radius 1 is 0.542 bits per heavy atom. The van der Waals surface area contributed by atoms with Crippen LogP contribution in [0, 0.1) is 36.5 Å². The highest BCUT2D eigenvalue weighted by atomic mass is 19.4. The molecule has 0 spiro atoms. The van der Waals surface area contributed by atoms with Crippen LogP contribution in [0.2, 0.25) is 0 Å². The van der Waals surface area contributed by atoms with Gasteiger partial charge in [-0.3, -0.25) is 40.3 Å². The number of benzene rings is 6. The highest BCUT2D eigenvalue weighted by Crippen LogP contribution is 2.33. The number of hydrazine groups is 2. The van der Waals surface area contributed by atoms with Crippen molar-refractivity contribution in [3.8, 4) is 17.5 Å². The number of ether oxygens (including phenoxy) is 2. The molecule has 0 aliphatic rings. The van der Waals surface area contributed by atoms with E-state index in [0.29, 0.717) is 72.1 Å². The van der Waals surface area contributed by atoms with Gasteiger partial charge in [0.1, 0.15) is 19.3 Å². The van der Waals surface area contributed by atoms with Crippen molar-refractivity contribution in [2.24, 2.45) is 11.3 Å². The van der Waals surface area contributed by atoms with Gasteiger partial charge in [0.2, 0.25) is 34.3 Å². The number of nitrogens with one attached hydrogen (secondary N) is 3. The summed E-state index contributed by atoms with van der Waals surface area (Å²) in [4.78, 5) is 77.1. The molecule has 0 saturated carbocycles. The predicted octanol–water partition coefficient (Wildman–Crippen LogP) is 16.8. The SMILES string of the molecule is CC(C)(C#N)Cc1nnc(-c2ccccc2Cc2ccc(C(F)(F)F)cc2)o1.CCOC(=O)C=C(C)C.NNC(=O)c1ccccc1Cc1ccc(C(F)(F)F)cc1.[C-]#[N+]C(C)(C)CC(=O)NNC(=O)c1ccccc1Cc1ccc(C(F)(F)F)cc1.[C-]#[N+]C(C)(C)CC(=O)O.[C-]#[N+]C(C)(C)CC(=O)OCC. The lowest BCUT2D eigenvalue weighted by molar-refractivity contribution is -0.144. The molecule has 20 nitrogen and oxygen atoms in total. The molecular formula is C78H85F9N10O10. The third-order valence-corrected chi connectivity index (χ3v) is 14.3. The molecule has 0 unspecified atom stereocenters. The standard InChI is InChI=1S/C21H20F3N3O2.C21H18F3N3O.C15H13F3N2O.C8H13NO2.C7H12O2.C6H9NO2/c1-20(2,25-3)13-18(28)26-27-19(29)17-7-5-4-6-15(17)12-14-8-10-16(11-9-14)21(22,23)24;1-20(2,13-25)12-18-26-27-19(28-18)17-6-4-3-5-15(17)11-14-7-9-16(10-8-14)21(22,23)24;16-15(17,18)12-7-5-10(6-8-12)9-11-3-1-2-4-13(11)14(21)20-19;1-5-11-7(10)6-8(2,3)9-4;1-4-9-7(8)5-6(2)3;1-6(2,7-3)4-5(8)9/h4-11H,12-13H2,1-2H3,(H,26,28)(H,27,29);3-10H,11-12H2,1-2H3;1-8H,9,19H2,(H,20,21);5-6H2,1-3H3;5H,4H2,1-3H3;4H2,1-2H3,(H,8,9). The number of carboxylic acids is 1. The monoisotopic (exact) mass is 1490 g/mol. The summed E-state index contributed by atoms with van der Waals surface area (Å²) in [6.07, 6.45) is -10.3. The molecular weight excluding hydrogens is 1410 g/mol. The van der Waals surface area contributed by atoms with Crippen LogP contribution in [-0.2, 0) is 72.9 Å². The van der Waals surface area contributed by atoms with E-state index in [1.54, 1.807) is 118 Å². The zero-order valence-electron chi connectivity index (χ0n) is 61.1. The number of amides is 3. The molecule has 1 heterocycles. The fourth-order valence-corrected chi connectivity index (χ4v) is 8.80. The maximum absolute atomic E-state index is 12.7. The summed E-state index contributed by atoms with van der Waals surface area (Å²) in [7, 11) is 0. The van der Waals surface area contributed by atoms with Crippen molar-refractivity contribution in [2.45, 2.75) is 163 Å². The Morgan fingerprint density at radius 2 is 0.925 bits per heavy atom. The molecule has 7 aromatic rings. The zero-order chi connectivity index (χ0) is 81.2. The number of carbonyl (C=O) groups is 6. The first kappa shape index (κ1) is 91.4. The van der Waals surface area contributed by atoms with E-state index in [9.17, 15) is 68.3 Å². The Kier molecular flexibility index (Phi) is 36.1. The number of aromatic nitrogens is 2. The van der Waals surface area contributed by atoms with Crippen LogP contribution in [0.15, 0.2) is 162 Å². The van der Waals surface area contributed by atoms with Crippen molar-refractivity contribution < 1.29 is 87.3 Å². The number of carboxylic acid groups (broad SMARTS) is 1. The second kappa shape index (κ2) is 42.3. The van der Waals surface area contributed by atoms with E-state index < -0.39 is 80.9 Å². The van der Waals surface area contributed by atoms with Crippen molar-refractivity contribution in [3.05, 3.63) is 259 Å². The van der Waals surface area contributed by atoms with Gasteiger partial charge < -0.3 is 33.5 Å². The summed E-state index contributed by atoms with van der Waals surface area (Å²) in [5.41, 5.74) is 8.23. The Labute approximate surface area is 616 Å². The minimum atomic E-state index is -4.41. The molecule has 570 valence electrons. The van der Waals surface area contributed by atoms with Crippen LogP contribution < -0.4 is 22.1 Å². The normalized spacial score (nSPS) is 11.1. The number of allylic oxidation sites excluding steroid dienone is 1. The lowest BCUT2D eigenvalue weighted by Crippen LogP contribution is -2.43. The molecule has 3 amide bonds. The van der Waals surface area contributed by atoms with E-state index >= 15 is 0 Å². The number of nitrogens with zero attached hydrogens (tertiary/aromatic N) is 6. The van der Waals surface area contributed by atoms with Crippen molar-refractivity contribution >= 4 is 35.6 Å². The molecule has 29 heteroatoms. The fourth-order valence-electron chi connectivity index (χ4n) is 8.80. The molecule has 6 aromatic carbocycles. The van der Waals surface area contributed by atoms with E-state index in [2.05, 4.69) is 46.4 Å². The number of halogens is 9. The number of hydrogen-bond acceptors (Lipinski definition) is 13. The summed E-state index contributed by atoms with van der Waals surface area (Å²) in [6.45, 7) is 41.9. The van der Waals surface area contributed by atoms with E-state index in [0.717, 1.165) is 58.7 Å². The molecule has 0 saturated heterocycles. The lowest BCUT2D eigenvalue weighted by atomic mass is 9.92. The second-order valence-electron chi connectivity index (χ2n) is 26.2. The highest BCUT2D eigenvalue weighted by molar-refractivity contribution is 5.97. The number of nitrogens with two attached hydrogens (primary N) is 1. The minimum absolute atomic E-state index is 0.0794. The van der Waals surface area contributed by atoms with Gasteiger partial charge in [-0.1, -0.05) is 96.6 Å². The quantitative estimate of drug-likeness (QED) is 0.00903. The number of nitrogen functional groups attached to an aromatic ring is 1. The van der Waals surface area contributed by atoms with Gasteiger partial charge in [0, 0.05) is 70.7 Å². The number of hydrogen-bond donors (Lipinski definition) is 5. The van der Waals surface area contributed by atoms with Gasteiger partial charge in [0.15, 0.2) is 0 Å². The minimum Gasteiger partial charge on any atom is -0.481 e. The second-order valence-corrected chi connectivity index (χ2v) is 26.2. The Balaban J connectivity index is 0.000000464. The maximum Gasteiger partial charge on any atom is 0.416 e. The van der Waals surface area contributed by atoms with Crippen LogP contribution in [0.25, 0.3) is 26.0 Å². The van der Waals surface area contributed by atoms with Gasteiger partial charge in [0.25, 0.3) is 11.8 Å². The third-order valence-electron chi connectivity index (χ3n) is 14.3. The average Bonchev–Trinajstić information content (AvgIpc) is 1.80. The molecule has 6 N–H and O–H groups in total. The maximum atomic E-state index is 12.7. The van der Waals surface area contributed by atoms with E-state index in [1.807, 2.05) is 43.5 Å². The number of aliphatic carboxylic acids is 1. The van der Waals surface area contributed by atoms with Gasteiger partial charge >= 0.3 is 36.4 Å². The summed E-state index contributed by atoms with van der Waals surface area (Å²) >= 11 is 0.